The maximum absolute atomic E-state index is 12.0. The van der Waals surface area contributed by atoms with Crippen molar-refractivity contribution in [3.63, 3.8) is 0 Å². The van der Waals surface area contributed by atoms with Gasteiger partial charge in [-0.2, -0.15) is 0 Å². The van der Waals surface area contributed by atoms with Crippen LogP contribution in [0.1, 0.15) is 17.1 Å². The minimum Gasteiger partial charge on any atom is -0.375 e. The number of guanidine groups is 1. The number of hydrogen-bond acceptors (Lipinski definition) is 5. The third kappa shape index (κ3) is 7.73. The van der Waals surface area contributed by atoms with Gasteiger partial charge < -0.3 is 20.0 Å². The fourth-order valence-corrected chi connectivity index (χ4v) is 3.33. The molecular formula is C21H32N6OS. The van der Waals surface area contributed by atoms with Crippen LogP contribution < -0.4 is 10.2 Å². The Kier molecular flexibility index (Phi) is 8.92. The molecule has 1 N–H and O–H groups in total. The molecule has 0 saturated carbocycles. The monoisotopic (exact) mass is 416 g/mol. The zero-order valence-electron chi connectivity index (χ0n) is 18.1. The van der Waals surface area contributed by atoms with E-state index in [0.29, 0.717) is 12.5 Å². The molecule has 1 aromatic carbocycles. The van der Waals surface area contributed by atoms with E-state index in [0.717, 1.165) is 30.2 Å². The fraction of sp³-hybridized carbons (Fsp3) is 0.476. The molecule has 0 bridgehead atoms. The number of aryl methyl sites for hydroxylation is 1. The van der Waals surface area contributed by atoms with Crippen molar-refractivity contribution >= 4 is 28.9 Å². The number of aliphatic imine (C=N–C) groups is 1. The second-order valence-electron chi connectivity index (χ2n) is 7.18. The molecule has 1 heterocycles. The number of rotatable bonds is 9. The summed E-state index contributed by atoms with van der Waals surface area (Å²) >= 11 is 1.64. The van der Waals surface area contributed by atoms with Gasteiger partial charge in [0, 0.05) is 52.3 Å². The Morgan fingerprint density at radius 3 is 2.52 bits per heavy atom. The third-order valence-corrected chi connectivity index (χ3v) is 5.26. The topological polar surface area (TPSA) is 64.1 Å². The summed E-state index contributed by atoms with van der Waals surface area (Å²) < 4.78 is 0. The van der Waals surface area contributed by atoms with Crippen LogP contribution >= 0.6 is 11.3 Å². The van der Waals surface area contributed by atoms with Gasteiger partial charge in [-0.3, -0.25) is 4.79 Å². The standard InChI is InChI=1S/C21H32N6OS/c1-17-24-18(16-29-17)15-27(5)21(23-14-20(28)25(2)3)22-12-9-13-26(4)19-10-7-6-8-11-19/h6-8,10-11,16H,9,12-15H2,1-5H3,(H,22,23). The lowest BCUT2D eigenvalue weighted by molar-refractivity contribution is -0.127. The normalized spacial score (nSPS) is 11.3. The number of likely N-dealkylation sites (N-methyl/N-ethyl adjacent to an activating group) is 1. The first-order valence-electron chi connectivity index (χ1n) is 9.73. The molecule has 0 unspecified atom stereocenters. The van der Waals surface area contributed by atoms with Crippen molar-refractivity contribution in [1.82, 2.24) is 20.1 Å². The van der Waals surface area contributed by atoms with Gasteiger partial charge in [0.05, 0.1) is 17.2 Å². The molecular weight excluding hydrogens is 384 g/mol. The van der Waals surface area contributed by atoms with E-state index in [9.17, 15) is 4.79 Å². The number of nitrogens with zero attached hydrogens (tertiary/aromatic N) is 5. The third-order valence-electron chi connectivity index (χ3n) is 4.44. The predicted octanol–water partition coefficient (Wildman–Crippen LogP) is 2.44. The Morgan fingerprint density at radius 1 is 1.17 bits per heavy atom. The number of aromatic nitrogens is 1. The molecule has 2 rings (SSSR count). The first-order chi connectivity index (χ1) is 13.9. The van der Waals surface area contributed by atoms with Crippen molar-refractivity contribution in [2.75, 3.05) is 52.7 Å². The highest BCUT2D eigenvalue weighted by Crippen LogP contribution is 2.11. The maximum Gasteiger partial charge on any atom is 0.243 e. The molecule has 2 aromatic rings. The van der Waals surface area contributed by atoms with E-state index in [1.807, 2.05) is 37.1 Å². The Morgan fingerprint density at radius 2 is 1.90 bits per heavy atom. The maximum atomic E-state index is 12.0. The minimum absolute atomic E-state index is 0.0222. The van der Waals surface area contributed by atoms with Crippen LogP contribution in [0, 0.1) is 6.92 Å². The average molecular weight is 417 g/mol. The minimum atomic E-state index is -0.0222. The van der Waals surface area contributed by atoms with Gasteiger partial charge in [0.2, 0.25) is 5.91 Å². The fourth-order valence-electron chi connectivity index (χ4n) is 2.72. The van der Waals surface area contributed by atoms with Gasteiger partial charge in [-0.1, -0.05) is 18.2 Å². The van der Waals surface area contributed by atoms with Gasteiger partial charge in [0.15, 0.2) is 5.96 Å². The Hall–Kier alpha value is -2.61. The smallest absolute Gasteiger partial charge is 0.243 e. The highest BCUT2D eigenvalue weighted by Gasteiger charge is 2.11. The molecule has 0 aliphatic heterocycles. The molecule has 0 radical (unpaired) electrons. The van der Waals surface area contributed by atoms with Crippen LogP contribution in [0.5, 0.6) is 0 Å². The van der Waals surface area contributed by atoms with Gasteiger partial charge >= 0.3 is 0 Å². The molecule has 7 nitrogen and oxygen atoms in total. The van der Waals surface area contributed by atoms with Crippen LogP contribution in [0.15, 0.2) is 40.7 Å². The number of amides is 1. The summed E-state index contributed by atoms with van der Waals surface area (Å²) in [5.41, 5.74) is 2.21. The summed E-state index contributed by atoms with van der Waals surface area (Å²) in [4.78, 5) is 26.8. The summed E-state index contributed by atoms with van der Waals surface area (Å²) in [6.45, 7) is 4.47. The predicted molar refractivity (Wildman–Crippen MR) is 122 cm³/mol. The van der Waals surface area contributed by atoms with Crippen molar-refractivity contribution in [3.8, 4) is 0 Å². The highest BCUT2D eigenvalue weighted by atomic mass is 32.1. The van der Waals surface area contributed by atoms with Crippen molar-refractivity contribution in [1.29, 1.82) is 0 Å². The largest absolute Gasteiger partial charge is 0.375 e. The van der Waals surface area contributed by atoms with E-state index in [1.165, 1.54) is 5.69 Å². The van der Waals surface area contributed by atoms with Crippen molar-refractivity contribution in [2.45, 2.75) is 19.9 Å². The Bertz CT molecular complexity index is 789. The molecule has 29 heavy (non-hydrogen) atoms. The first kappa shape index (κ1) is 22.7. The number of carbonyl (C=O) groups is 1. The molecule has 8 heteroatoms. The summed E-state index contributed by atoms with van der Waals surface area (Å²) in [5.74, 6) is 0.694. The van der Waals surface area contributed by atoms with Gasteiger partial charge in [-0.25, -0.2) is 9.98 Å². The van der Waals surface area contributed by atoms with Gasteiger partial charge in [-0.05, 0) is 25.5 Å². The summed E-state index contributed by atoms with van der Waals surface area (Å²) in [6.07, 6.45) is 0.954. The van der Waals surface area contributed by atoms with Crippen molar-refractivity contribution < 1.29 is 4.79 Å². The lowest BCUT2D eigenvalue weighted by Crippen LogP contribution is -2.40. The van der Waals surface area contributed by atoms with E-state index in [4.69, 9.17) is 0 Å². The molecule has 0 aliphatic carbocycles. The number of anilines is 1. The zero-order valence-corrected chi connectivity index (χ0v) is 18.9. The van der Waals surface area contributed by atoms with Gasteiger partial charge in [0.1, 0.15) is 6.54 Å². The second-order valence-corrected chi connectivity index (χ2v) is 8.24. The molecule has 0 aliphatic rings. The van der Waals surface area contributed by atoms with Crippen LogP contribution in [0.3, 0.4) is 0 Å². The number of nitrogens with one attached hydrogen (secondary N) is 1. The summed E-state index contributed by atoms with van der Waals surface area (Å²) in [7, 11) is 7.55. The van der Waals surface area contributed by atoms with Crippen molar-refractivity contribution in [2.24, 2.45) is 4.99 Å². The molecule has 0 fully saturated rings. The number of hydrogen-bond donors (Lipinski definition) is 1. The van der Waals surface area contributed by atoms with Crippen LogP contribution in [-0.4, -0.2) is 74.5 Å². The van der Waals surface area contributed by atoms with E-state index < -0.39 is 0 Å². The van der Waals surface area contributed by atoms with E-state index >= 15 is 0 Å². The molecule has 1 amide bonds. The van der Waals surface area contributed by atoms with Crippen LogP contribution in [0.4, 0.5) is 5.69 Å². The lowest BCUT2D eigenvalue weighted by atomic mass is 10.3. The van der Waals surface area contributed by atoms with Crippen LogP contribution in [0.2, 0.25) is 0 Å². The van der Waals surface area contributed by atoms with Gasteiger partial charge in [-0.15, -0.1) is 11.3 Å². The number of para-hydroxylation sites is 1. The van der Waals surface area contributed by atoms with E-state index in [-0.39, 0.29) is 12.5 Å². The quantitative estimate of drug-likeness (QED) is 0.386. The summed E-state index contributed by atoms with van der Waals surface area (Å²) in [6, 6.07) is 10.3. The molecule has 0 saturated heterocycles. The Labute approximate surface area is 178 Å². The van der Waals surface area contributed by atoms with Crippen molar-refractivity contribution in [3.05, 3.63) is 46.4 Å². The van der Waals surface area contributed by atoms with Gasteiger partial charge in [0.25, 0.3) is 0 Å². The van der Waals surface area contributed by atoms with E-state index in [1.54, 1.807) is 30.3 Å². The molecule has 0 spiro atoms. The molecule has 158 valence electrons. The van der Waals surface area contributed by atoms with Crippen LogP contribution in [-0.2, 0) is 11.3 Å². The Balaban J connectivity index is 1.91. The molecule has 1 aromatic heterocycles. The zero-order chi connectivity index (χ0) is 21.2. The highest BCUT2D eigenvalue weighted by molar-refractivity contribution is 7.09. The number of benzene rings is 1. The lowest BCUT2D eigenvalue weighted by Gasteiger charge is -2.23. The SMILES string of the molecule is Cc1nc(CN(C)C(=NCC(=O)N(C)C)NCCCN(C)c2ccccc2)cs1. The average Bonchev–Trinajstić information content (AvgIpc) is 3.11. The number of thiazole rings is 1. The first-order valence-corrected chi connectivity index (χ1v) is 10.6. The summed E-state index contributed by atoms with van der Waals surface area (Å²) in [5, 5.41) is 6.51. The molecule has 0 atom stereocenters. The second kappa shape index (κ2) is 11.4. The van der Waals surface area contributed by atoms with E-state index in [2.05, 4.69) is 44.8 Å². The number of carbonyl (C=O) groups excluding carboxylic acids is 1. The van der Waals surface area contributed by atoms with Crippen LogP contribution in [0.25, 0.3) is 0 Å².